The second-order valence-electron chi connectivity index (χ2n) is 5.87. The molecule has 3 rings (SSSR count). The van der Waals surface area contributed by atoms with E-state index in [1.54, 1.807) is 12.1 Å². The molecule has 0 heterocycles. The van der Waals surface area contributed by atoms with E-state index in [1.807, 2.05) is 61.5 Å². The summed E-state index contributed by atoms with van der Waals surface area (Å²) in [4.78, 5) is 12.4. The largest absolute Gasteiger partial charge is 0.481 e. The molecule has 1 N–H and O–H groups in total. The Morgan fingerprint density at radius 3 is 2.19 bits per heavy atom. The van der Waals surface area contributed by atoms with Gasteiger partial charge in [0.05, 0.1) is 5.69 Å². The number of nitrogens with one attached hydrogen (secondary N) is 1. The maximum Gasteiger partial charge on any atom is 0.265 e. The van der Waals surface area contributed by atoms with Crippen molar-refractivity contribution in [2.24, 2.45) is 0 Å². The van der Waals surface area contributed by atoms with Crippen molar-refractivity contribution in [2.45, 2.75) is 19.4 Å². The van der Waals surface area contributed by atoms with Gasteiger partial charge in [-0.15, -0.1) is 0 Å². The Labute approximate surface area is 152 Å². The second kappa shape index (κ2) is 8.30. The fourth-order valence-corrected chi connectivity index (χ4v) is 2.62. The summed E-state index contributed by atoms with van der Waals surface area (Å²) < 4.78 is 19.5. The van der Waals surface area contributed by atoms with Crippen LogP contribution >= 0.6 is 0 Å². The van der Waals surface area contributed by atoms with Crippen LogP contribution in [0.5, 0.6) is 5.75 Å². The predicted octanol–water partition coefficient (Wildman–Crippen LogP) is 5.29. The molecule has 0 aliphatic carbocycles. The maximum absolute atomic E-state index is 13.7. The molecule has 0 aliphatic heterocycles. The molecule has 1 unspecified atom stereocenters. The standard InChI is InChI=1S/C22H20FNO2/c1-2-21(22(25)24-20-11-7-6-10-19(20)23)26-18-14-12-17(13-15-18)16-8-4-3-5-9-16/h3-15,21H,2H2,1H3,(H,24,25). The quantitative estimate of drug-likeness (QED) is 0.657. The van der Waals surface area contributed by atoms with Crippen molar-refractivity contribution in [1.82, 2.24) is 0 Å². The number of para-hydroxylation sites is 1. The van der Waals surface area contributed by atoms with Crippen LogP contribution in [0.3, 0.4) is 0 Å². The zero-order valence-corrected chi connectivity index (χ0v) is 14.5. The normalized spacial score (nSPS) is 11.6. The van der Waals surface area contributed by atoms with Gasteiger partial charge in [-0.3, -0.25) is 4.79 Å². The van der Waals surface area contributed by atoms with Crippen LogP contribution in [-0.2, 0) is 4.79 Å². The molecule has 132 valence electrons. The minimum absolute atomic E-state index is 0.152. The summed E-state index contributed by atoms with van der Waals surface area (Å²) in [6.45, 7) is 1.85. The highest BCUT2D eigenvalue weighted by Gasteiger charge is 2.19. The van der Waals surface area contributed by atoms with Gasteiger partial charge in [0, 0.05) is 0 Å². The highest BCUT2D eigenvalue weighted by atomic mass is 19.1. The average Bonchev–Trinajstić information content (AvgIpc) is 2.69. The Balaban J connectivity index is 1.68. The molecule has 0 saturated carbocycles. The molecule has 1 atom stereocenters. The molecule has 0 saturated heterocycles. The van der Waals surface area contributed by atoms with Crippen LogP contribution in [0.15, 0.2) is 78.9 Å². The fourth-order valence-electron chi connectivity index (χ4n) is 2.62. The Hall–Kier alpha value is -3.14. The first-order chi connectivity index (χ1) is 12.7. The molecule has 0 bridgehead atoms. The monoisotopic (exact) mass is 349 g/mol. The second-order valence-corrected chi connectivity index (χ2v) is 5.87. The van der Waals surface area contributed by atoms with E-state index < -0.39 is 11.9 Å². The maximum atomic E-state index is 13.7. The van der Waals surface area contributed by atoms with E-state index in [1.165, 1.54) is 12.1 Å². The number of benzene rings is 3. The summed E-state index contributed by atoms with van der Waals surface area (Å²) in [5.41, 5.74) is 2.34. The summed E-state index contributed by atoms with van der Waals surface area (Å²) in [7, 11) is 0. The van der Waals surface area contributed by atoms with Gasteiger partial charge in [-0.1, -0.05) is 61.5 Å². The van der Waals surface area contributed by atoms with Crippen molar-refractivity contribution in [2.75, 3.05) is 5.32 Å². The van der Waals surface area contributed by atoms with Gasteiger partial charge in [-0.25, -0.2) is 4.39 Å². The van der Waals surface area contributed by atoms with E-state index in [4.69, 9.17) is 4.74 Å². The third-order valence-electron chi connectivity index (χ3n) is 4.03. The average molecular weight is 349 g/mol. The van der Waals surface area contributed by atoms with E-state index in [2.05, 4.69) is 5.32 Å². The van der Waals surface area contributed by atoms with Gasteiger partial charge in [0.25, 0.3) is 5.91 Å². The first-order valence-corrected chi connectivity index (χ1v) is 8.55. The van der Waals surface area contributed by atoms with Crippen molar-refractivity contribution in [3.63, 3.8) is 0 Å². The van der Waals surface area contributed by atoms with Crippen LogP contribution in [0.4, 0.5) is 10.1 Å². The van der Waals surface area contributed by atoms with Gasteiger partial charge in [-0.05, 0) is 41.8 Å². The highest BCUT2D eigenvalue weighted by Crippen LogP contribution is 2.23. The third kappa shape index (κ3) is 4.28. The van der Waals surface area contributed by atoms with Crippen LogP contribution < -0.4 is 10.1 Å². The first-order valence-electron chi connectivity index (χ1n) is 8.55. The summed E-state index contributed by atoms with van der Waals surface area (Å²) >= 11 is 0. The number of carbonyl (C=O) groups is 1. The molecule has 1 amide bonds. The Bertz CT molecular complexity index is 863. The Kier molecular flexibility index (Phi) is 5.64. The van der Waals surface area contributed by atoms with E-state index in [9.17, 15) is 9.18 Å². The van der Waals surface area contributed by atoms with Crippen LogP contribution in [0.2, 0.25) is 0 Å². The van der Waals surface area contributed by atoms with Gasteiger partial charge < -0.3 is 10.1 Å². The topological polar surface area (TPSA) is 38.3 Å². The van der Waals surface area contributed by atoms with Gasteiger partial charge in [0.15, 0.2) is 6.10 Å². The molecular weight excluding hydrogens is 329 g/mol. The lowest BCUT2D eigenvalue weighted by molar-refractivity contribution is -0.122. The molecular formula is C22H20FNO2. The van der Waals surface area contributed by atoms with Crippen molar-refractivity contribution < 1.29 is 13.9 Å². The lowest BCUT2D eigenvalue weighted by atomic mass is 10.1. The molecule has 26 heavy (non-hydrogen) atoms. The predicted molar refractivity (Wildman–Crippen MR) is 102 cm³/mol. The molecule has 4 heteroatoms. The fraction of sp³-hybridized carbons (Fsp3) is 0.136. The Morgan fingerprint density at radius 1 is 0.923 bits per heavy atom. The molecule has 0 radical (unpaired) electrons. The lowest BCUT2D eigenvalue weighted by Crippen LogP contribution is -2.32. The highest BCUT2D eigenvalue weighted by molar-refractivity contribution is 5.94. The van der Waals surface area contributed by atoms with Crippen molar-refractivity contribution in [3.05, 3.63) is 84.7 Å². The van der Waals surface area contributed by atoms with Gasteiger partial charge >= 0.3 is 0 Å². The number of hydrogen-bond acceptors (Lipinski definition) is 2. The summed E-state index contributed by atoms with van der Waals surface area (Å²) in [5, 5.41) is 2.58. The summed E-state index contributed by atoms with van der Waals surface area (Å²) in [6.07, 6.45) is -0.224. The minimum atomic E-state index is -0.697. The smallest absolute Gasteiger partial charge is 0.265 e. The van der Waals surface area contributed by atoms with E-state index in [0.717, 1.165) is 11.1 Å². The zero-order chi connectivity index (χ0) is 18.4. The number of halogens is 1. The zero-order valence-electron chi connectivity index (χ0n) is 14.5. The van der Waals surface area contributed by atoms with E-state index >= 15 is 0 Å². The molecule has 3 aromatic carbocycles. The molecule has 3 aromatic rings. The van der Waals surface area contributed by atoms with Crippen LogP contribution in [0.1, 0.15) is 13.3 Å². The number of hydrogen-bond donors (Lipinski definition) is 1. The third-order valence-corrected chi connectivity index (χ3v) is 4.03. The molecule has 0 fully saturated rings. The van der Waals surface area contributed by atoms with Crippen LogP contribution in [0, 0.1) is 5.82 Å². The lowest BCUT2D eigenvalue weighted by Gasteiger charge is -2.17. The first kappa shape index (κ1) is 17.7. The van der Waals surface area contributed by atoms with E-state index in [-0.39, 0.29) is 11.6 Å². The van der Waals surface area contributed by atoms with Gasteiger partial charge in [0.1, 0.15) is 11.6 Å². The summed E-state index contributed by atoms with van der Waals surface area (Å²) in [5.74, 6) is -0.243. The number of amides is 1. The van der Waals surface area contributed by atoms with Crippen molar-refractivity contribution >= 4 is 11.6 Å². The summed E-state index contributed by atoms with van der Waals surface area (Å²) in [6, 6.07) is 23.7. The van der Waals surface area contributed by atoms with Crippen LogP contribution in [-0.4, -0.2) is 12.0 Å². The van der Waals surface area contributed by atoms with Crippen molar-refractivity contribution in [3.8, 4) is 16.9 Å². The molecule has 3 nitrogen and oxygen atoms in total. The SMILES string of the molecule is CCC(Oc1ccc(-c2ccccc2)cc1)C(=O)Nc1ccccc1F. The van der Waals surface area contributed by atoms with E-state index in [0.29, 0.717) is 12.2 Å². The molecule has 0 spiro atoms. The number of anilines is 1. The van der Waals surface area contributed by atoms with Crippen LogP contribution in [0.25, 0.3) is 11.1 Å². The number of rotatable bonds is 6. The number of ether oxygens (including phenoxy) is 1. The molecule has 0 aliphatic rings. The minimum Gasteiger partial charge on any atom is -0.481 e. The van der Waals surface area contributed by atoms with Crippen molar-refractivity contribution in [1.29, 1.82) is 0 Å². The van der Waals surface area contributed by atoms with Gasteiger partial charge in [0.2, 0.25) is 0 Å². The number of carbonyl (C=O) groups excluding carboxylic acids is 1. The molecule has 0 aromatic heterocycles. The van der Waals surface area contributed by atoms with Gasteiger partial charge in [-0.2, -0.15) is 0 Å². The Morgan fingerprint density at radius 2 is 1.54 bits per heavy atom.